The highest BCUT2D eigenvalue weighted by Crippen LogP contribution is 2.04. The molecule has 0 heterocycles. The van der Waals surface area contributed by atoms with E-state index in [1.54, 1.807) is 60.7 Å². The summed E-state index contributed by atoms with van der Waals surface area (Å²) in [7, 11) is 0. The fourth-order valence-electron chi connectivity index (χ4n) is 3.21. The van der Waals surface area contributed by atoms with Crippen LogP contribution in [0.3, 0.4) is 0 Å². The highest BCUT2D eigenvalue weighted by atomic mass is 16.4. The molecule has 2 aromatic carbocycles. The van der Waals surface area contributed by atoms with Gasteiger partial charge in [-0.1, -0.05) is 60.7 Å². The second-order valence-corrected chi connectivity index (χ2v) is 7.82. The van der Waals surface area contributed by atoms with Crippen molar-refractivity contribution in [2.24, 2.45) is 5.73 Å². The maximum absolute atomic E-state index is 12.5. The van der Waals surface area contributed by atoms with Crippen molar-refractivity contribution >= 4 is 29.7 Å². The zero-order chi connectivity index (χ0) is 25.8. The van der Waals surface area contributed by atoms with Crippen LogP contribution in [0.2, 0.25) is 0 Å². The van der Waals surface area contributed by atoms with E-state index in [0.717, 1.165) is 5.56 Å². The molecule has 3 unspecified atom stereocenters. The molecule has 0 aromatic heterocycles. The minimum absolute atomic E-state index is 0.0346. The molecule has 0 bridgehead atoms. The average Bonchev–Trinajstić information content (AvgIpc) is 2.82. The molecule has 0 fully saturated rings. The van der Waals surface area contributed by atoms with Crippen molar-refractivity contribution in [1.29, 1.82) is 0 Å². The van der Waals surface area contributed by atoms with Crippen molar-refractivity contribution in [2.45, 2.75) is 37.4 Å². The molecular weight excluding hydrogens is 456 g/mol. The Morgan fingerprint density at radius 1 is 0.743 bits per heavy atom. The summed E-state index contributed by atoms with van der Waals surface area (Å²) >= 11 is 0. The molecule has 0 spiro atoms. The summed E-state index contributed by atoms with van der Waals surface area (Å²) in [6.45, 7) is -0.612. The lowest BCUT2D eigenvalue weighted by Crippen LogP contribution is -2.54. The zero-order valence-corrected chi connectivity index (χ0v) is 18.8. The number of rotatable bonds is 13. The van der Waals surface area contributed by atoms with E-state index in [9.17, 15) is 29.1 Å². The normalized spacial score (nSPS) is 13.1. The number of carboxylic acids is 2. The quantitative estimate of drug-likeness (QED) is 0.218. The van der Waals surface area contributed by atoms with Crippen LogP contribution in [-0.4, -0.2) is 64.5 Å². The van der Waals surface area contributed by atoms with Crippen molar-refractivity contribution in [3.63, 3.8) is 0 Å². The van der Waals surface area contributed by atoms with Gasteiger partial charge in [-0.25, -0.2) is 4.79 Å². The molecule has 0 aliphatic carbocycles. The molecule has 35 heavy (non-hydrogen) atoms. The minimum Gasteiger partial charge on any atom is -0.481 e. The van der Waals surface area contributed by atoms with Crippen LogP contribution in [0.15, 0.2) is 60.7 Å². The molecule has 0 radical (unpaired) electrons. The van der Waals surface area contributed by atoms with Gasteiger partial charge >= 0.3 is 11.9 Å². The third kappa shape index (κ3) is 9.64. The number of amides is 3. The second-order valence-electron chi connectivity index (χ2n) is 7.82. The Morgan fingerprint density at radius 3 is 1.80 bits per heavy atom. The Morgan fingerprint density at radius 2 is 1.29 bits per heavy atom. The maximum Gasteiger partial charge on any atom is 0.326 e. The van der Waals surface area contributed by atoms with Gasteiger partial charge < -0.3 is 31.9 Å². The number of nitrogens with two attached hydrogens (primary N) is 1. The first-order chi connectivity index (χ1) is 16.7. The molecule has 0 aliphatic rings. The molecule has 0 saturated heterocycles. The van der Waals surface area contributed by atoms with Gasteiger partial charge in [0, 0.05) is 6.42 Å². The maximum atomic E-state index is 12.5. The molecule has 0 aliphatic heterocycles. The summed E-state index contributed by atoms with van der Waals surface area (Å²) in [6, 6.07) is 13.8. The van der Waals surface area contributed by atoms with Gasteiger partial charge in [-0.05, 0) is 17.5 Å². The molecule has 0 saturated carbocycles. The first-order valence-electron chi connectivity index (χ1n) is 10.8. The number of carbonyl (C=O) groups is 5. The summed E-state index contributed by atoms with van der Waals surface area (Å²) in [5, 5.41) is 25.3. The molecule has 2 rings (SSSR count). The molecule has 3 atom stereocenters. The van der Waals surface area contributed by atoms with Gasteiger partial charge in [0.05, 0.1) is 19.0 Å². The lowest BCUT2D eigenvalue weighted by Gasteiger charge is -2.20. The van der Waals surface area contributed by atoms with E-state index >= 15 is 0 Å². The Kier molecular flexibility index (Phi) is 10.4. The highest BCUT2D eigenvalue weighted by molar-refractivity contribution is 5.94. The third-order valence-electron chi connectivity index (χ3n) is 4.99. The Labute approximate surface area is 201 Å². The molecule has 11 heteroatoms. The van der Waals surface area contributed by atoms with Crippen LogP contribution in [0.25, 0.3) is 0 Å². The SMILES string of the molecule is NC(Cc1ccccc1)C(=O)NC(CC(=O)O)C(=O)NCC(=O)NC(Cc1ccccc1)C(=O)O. The first kappa shape index (κ1) is 27.0. The predicted molar refractivity (Wildman–Crippen MR) is 125 cm³/mol. The molecule has 7 N–H and O–H groups in total. The van der Waals surface area contributed by atoms with Crippen molar-refractivity contribution < 1.29 is 34.2 Å². The number of carbonyl (C=O) groups excluding carboxylic acids is 3. The molecule has 3 amide bonds. The van der Waals surface area contributed by atoms with Crippen LogP contribution < -0.4 is 21.7 Å². The van der Waals surface area contributed by atoms with Crippen LogP contribution in [-0.2, 0) is 36.8 Å². The lowest BCUT2D eigenvalue weighted by atomic mass is 10.1. The van der Waals surface area contributed by atoms with Crippen molar-refractivity contribution in [3.05, 3.63) is 71.8 Å². The van der Waals surface area contributed by atoms with Crippen LogP contribution in [0, 0.1) is 0 Å². The van der Waals surface area contributed by atoms with Gasteiger partial charge in [-0.2, -0.15) is 0 Å². The smallest absolute Gasteiger partial charge is 0.326 e. The molecular formula is C24H28N4O7. The number of carboxylic acid groups (broad SMARTS) is 2. The van der Waals surface area contributed by atoms with E-state index in [-0.39, 0.29) is 12.8 Å². The van der Waals surface area contributed by atoms with Gasteiger partial charge in [0.15, 0.2) is 0 Å². The highest BCUT2D eigenvalue weighted by Gasteiger charge is 2.27. The number of hydrogen-bond donors (Lipinski definition) is 6. The summed E-state index contributed by atoms with van der Waals surface area (Å²) in [6.07, 6.45) is -0.523. The average molecular weight is 485 g/mol. The van der Waals surface area contributed by atoms with E-state index in [1.807, 2.05) is 0 Å². The van der Waals surface area contributed by atoms with Gasteiger partial charge in [0.25, 0.3) is 0 Å². The summed E-state index contributed by atoms with van der Waals surface area (Å²) in [5.41, 5.74) is 7.37. The number of nitrogens with one attached hydrogen (secondary N) is 3. The third-order valence-corrected chi connectivity index (χ3v) is 4.99. The predicted octanol–water partition coefficient (Wildman–Crippen LogP) is -0.556. The van der Waals surface area contributed by atoms with Gasteiger partial charge in [-0.15, -0.1) is 0 Å². The van der Waals surface area contributed by atoms with E-state index in [1.165, 1.54) is 0 Å². The fourth-order valence-corrected chi connectivity index (χ4v) is 3.21. The summed E-state index contributed by atoms with van der Waals surface area (Å²) in [5.74, 6) is -5.04. The van der Waals surface area contributed by atoms with E-state index in [0.29, 0.717) is 5.56 Å². The van der Waals surface area contributed by atoms with Crippen LogP contribution in [0.5, 0.6) is 0 Å². The van der Waals surface area contributed by atoms with Crippen molar-refractivity contribution in [2.75, 3.05) is 6.54 Å². The summed E-state index contributed by atoms with van der Waals surface area (Å²) in [4.78, 5) is 59.8. The number of benzene rings is 2. The van der Waals surface area contributed by atoms with Gasteiger partial charge in [0.1, 0.15) is 12.1 Å². The van der Waals surface area contributed by atoms with E-state index in [2.05, 4.69) is 16.0 Å². The zero-order valence-electron chi connectivity index (χ0n) is 18.8. The largest absolute Gasteiger partial charge is 0.481 e. The van der Waals surface area contributed by atoms with Crippen molar-refractivity contribution in [1.82, 2.24) is 16.0 Å². The monoisotopic (exact) mass is 484 g/mol. The topological polar surface area (TPSA) is 188 Å². The van der Waals surface area contributed by atoms with Gasteiger partial charge in [0.2, 0.25) is 17.7 Å². The number of aliphatic carboxylic acids is 2. The number of hydrogen-bond acceptors (Lipinski definition) is 6. The molecule has 186 valence electrons. The second kappa shape index (κ2) is 13.5. The van der Waals surface area contributed by atoms with E-state index < -0.39 is 60.8 Å². The van der Waals surface area contributed by atoms with Crippen molar-refractivity contribution in [3.8, 4) is 0 Å². The Balaban J connectivity index is 1.91. The summed E-state index contributed by atoms with van der Waals surface area (Å²) < 4.78 is 0. The van der Waals surface area contributed by atoms with Crippen LogP contribution in [0.4, 0.5) is 0 Å². The Bertz CT molecular complexity index is 1030. The van der Waals surface area contributed by atoms with E-state index in [4.69, 9.17) is 10.8 Å². The lowest BCUT2D eigenvalue weighted by molar-refractivity contribution is -0.142. The first-order valence-corrected chi connectivity index (χ1v) is 10.8. The van der Waals surface area contributed by atoms with Gasteiger partial charge in [-0.3, -0.25) is 19.2 Å². The molecule has 11 nitrogen and oxygen atoms in total. The molecule has 2 aromatic rings. The van der Waals surface area contributed by atoms with Crippen LogP contribution >= 0.6 is 0 Å². The Hall–Kier alpha value is -4.25. The minimum atomic E-state index is -1.48. The van der Waals surface area contributed by atoms with Crippen LogP contribution in [0.1, 0.15) is 17.5 Å². The fraction of sp³-hybridized carbons (Fsp3) is 0.292. The standard InChI is InChI=1S/C24H28N4O7/c25-17(11-15-7-3-1-4-8-15)22(32)28-18(13-21(30)31)23(33)26-14-20(29)27-19(24(34)35)12-16-9-5-2-6-10-16/h1-10,17-19H,11-14,25H2,(H,26,33)(H,27,29)(H,28,32)(H,30,31)(H,34,35).